The molecule has 0 bridgehead atoms. The van der Waals surface area contributed by atoms with Crippen molar-refractivity contribution in [1.82, 2.24) is 0 Å². The van der Waals surface area contributed by atoms with E-state index in [0.29, 0.717) is 0 Å². The molecule has 0 aliphatic heterocycles. The molecule has 0 fully saturated rings. The van der Waals surface area contributed by atoms with E-state index in [2.05, 4.69) is 6.92 Å². The third-order valence-electron chi connectivity index (χ3n) is 2.13. The van der Waals surface area contributed by atoms with Crippen LogP contribution in [0, 0.1) is 0 Å². The van der Waals surface area contributed by atoms with Crippen LogP contribution in [0.25, 0.3) is 0 Å². The lowest BCUT2D eigenvalue weighted by atomic mass is 10.1. The van der Waals surface area contributed by atoms with Crippen LogP contribution in [0.5, 0.6) is 0 Å². The maximum atomic E-state index is 5.59. The van der Waals surface area contributed by atoms with Crippen LogP contribution in [0.1, 0.15) is 53.4 Å². The van der Waals surface area contributed by atoms with E-state index in [1.54, 1.807) is 0 Å². The van der Waals surface area contributed by atoms with Crippen molar-refractivity contribution < 1.29 is 9.47 Å². The SMILES string of the molecule is CCCCCC(C)(OCC)OCC. The second-order valence-corrected chi connectivity index (χ2v) is 3.46. The molecule has 0 spiro atoms. The highest BCUT2D eigenvalue weighted by molar-refractivity contribution is 4.62. The Labute approximate surface area is 82.6 Å². The Hall–Kier alpha value is -0.0800. The minimum absolute atomic E-state index is 0.349. The van der Waals surface area contributed by atoms with Gasteiger partial charge in [0, 0.05) is 19.6 Å². The Bertz CT molecular complexity index is 107. The fourth-order valence-corrected chi connectivity index (χ4v) is 1.49. The summed E-state index contributed by atoms with van der Waals surface area (Å²) in [6.45, 7) is 9.72. The highest BCUT2D eigenvalue weighted by Crippen LogP contribution is 2.20. The molecule has 0 saturated carbocycles. The number of ether oxygens (including phenoxy) is 2. The van der Waals surface area contributed by atoms with E-state index in [1.165, 1.54) is 19.3 Å². The normalized spacial score (nSPS) is 12.0. The summed E-state index contributed by atoms with van der Waals surface area (Å²) in [7, 11) is 0. The van der Waals surface area contributed by atoms with Crippen molar-refractivity contribution in [2.75, 3.05) is 13.2 Å². The fourth-order valence-electron chi connectivity index (χ4n) is 1.49. The van der Waals surface area contributed by atoms with Crippen LogP contribution in [-0.4, -0.2) is 19.0 Å². The molecule has 80 valence electrons. The molecule has 0 atom stereocenters. The number of hydrogen-bond acceptors (Lipinski definition) is 2. The molecule has 0 aromatic heterocycles. The highest BCUT2D eigenvalue weighted by atomic mass is 16.7. The summed E-state index contributed by atoms with van der Waals surface area (Å²) >= 11 is 0. The Morgan fingerprint density at radius 2 is 1.46 bits per heavy atom. The highest BCUT2D eigenvalue weighted by Gasteiger charge is 2.23. The molecule has 0 aromatic carbocycles. The van der Waals surface area contributed by atoms with Crippen LogP contribution in [0.2, 0.25) is 0 Å². The smallest absolute Gasteiger partial charge is 0.165 e. The molecular weight excluding hydrogens is 164 g/mol. The van der Waals surface area contributed by atoms with Gasteiger partial charge in [0.05, 0.1) is 0 Å². The van der Waals surface area contributed by atoms with Crippen molar-refractivity contribution in [2.24, 2.45) is 0 Å². The van der Waals surface area contributed by atoms with Crippen LogP contribution in [0.4, 0.5) is 0 Å². The van der Waals surface area contributed by atoms with Crippen molar-refractivity contribution in [3.8, 4) is 0 Å². The zero-order valence-corrected chi connectivity index (χ0v) is 9.56. The van der Waals surface area contributed by atoms with Crippen LogP contribution >= 0.6 is 0 Å². The first-order valence-corrected chi connectivity index (χ1v) is 5.46. The van der Waals surface area contributed by atoms with Gasteiger partial charge in [-0.25, -0.2) is 0 Å². The topological polar surface area (TPSA) is 18.5 Å². The lowest BCUT2D eigenvalue weighted by Gasteiger charge is -2.29. The third-order valence-corrected chi connectivity index (χ3v) is 2.13. The summed E-state index contributed by atoms with van der Waals surface area (Å²) in [5, 5.41) is 0. The summed E-state index contributed by atoms with van der Waals surface area (Å²) in [5.74, 6) is -0.349. The fraction of sp³-hybridized carbons (Fsp3) is 1.00. The van der Waals surface area contributed by atoms with E-state index in [1.807, 2.05) is 20.8 Å². The first-order chi connectivity index (χ1) is 6.18. The van der Waals surface area contributed by atoms with Crippen LogP contribution in [0.3, 0.4) is 0 Å². The third kappa shape index (κ3) is 6.05. The largest absolute Gasteiger partial charge is 0.351 e. The van der Waals surface area contributed by atoms with Crippen molar-refractivity contribution in [3.63, 3.8) is 0 Å². The monoisotopic (exact) mass is 188 g/mol. The molecule has 0 unspecified atom stereocenters. The lowest BCUT2D eigenvalue weighted by molar-refractivity contribution is -0.225. The Morgan fingerprint density at radius 1 is 0.923 bits per heavy atom. The molecule has 0 heterocycles. The van der Waals surface area contributed by atoms with Crippen molar-refractivity contribution in [1.29, 1.82) is 0 Å². The summed E-state index contributed by atoms with van der Waals surface area (Å²) < 4.78 is 11.2. The molecule has 2 nitrogen and oxygen atoms in total. The first kappa shape index (κ1) is 12.9. The summed E-state index contributed by atoms with van der Waals surface area (Å²) in [6, 6.07) is 0. The van der Waals surface area contributed by atoms with Gasteiger partial charge < -0.3 is 9.47 Å². The van der Waals surface area contributed by atoms with Gasteiger partial charge in [-0.1, -0.05) is 19.8 Å². The molecule has 13 heavy (non-hydrogen) atoms. The molecule has 0 saturated heterocycles. The molecule has 0 amide bonds. The molecule has 0 rings (SSSR count). The molecule has 0 N–H and O–H groups in total. The van der Waals surface area contributed by atoms with Crippen LogP contribution in [0.15, 0.2) is 0 Å². The van der Waals surface area contributed by atoms with Gasteiger partial charge >= 0.3 is 0 Å². The molecule has 2 heteroatoms. The predicted octanol–water partition coefficient (Wildman–Crippen LogP) is 3.36. The average molecular weight is 188 g/mol. The van der Waals surface area contributed by atoms with E-state index < -0.39 is 0 Å². The molecule has 0 radical (unpaired) electrons. The second kappa shape index (κ2) is 7.34. The Balaban J connectivity index is 3.76. The molecule has 0 aromatic rings. The van der Waals surface area contributed by atoms with Crippen LogP contribution in [-0.2, 0) is 9.47 Å². The maximum absolute atomic E-state index is 5.59. The van der Waals surface area contributed by atoms with Gasteiger partial charge in [-0.3, -0.25) is 0 Å². The van der Waals surface area contributed by atoms with Gasteiger partial charge in [0.25, 0.3) is 0 Å². The lowest BCUT2D eigenvalue weighted by Crippen LogP contribution is -2.32. The Kier molecular flexibility index (Phi) is 7.29. The van der Waals surface area contributed by atoms with E-state index >= 15 is 0 Å². The number of unbranched alkanes of at least 4 members (excludes halogenated alkanes) is 2. The number of rotatable bonds is 8. The quantitative estimate of drug-likeness (QED) is 0.429. The standard InChI is InChI=1S/C11H24O2/c1-5-8-9-10-11(4,12-6-2)13-7-3/h5-10H2,1-4H3. The summed E-state index contributed by atoms with van der Waals surface area (Å²) in [6.07, 6.45) is 4.69. The first-order valence-electron chi connectivity index (χ1n) is 5.46. The van der Waals surface area contributed by atoms with Crippen molar-refractivity contribution in [3.05, 3.63) is 0 Å². The van der Waals surface area contributed by atoms with Gasteiger partial charge in [0.15, 0.2) is 5.79 Å². The number of hydrogen-bond donors (Lipinski definition) is 0. The zero-order valence-electron chi connectivity index (χ0n) is 9.56. The molecule has 0 aliphatic carbocycles. The van der Waals surface area contributed by atoms with Gasteiger partial charge in [0.1, 0.15) is 0 Å². The second-order valence-electron chi connectivity index (χ2n) is 3.46. The van der Waals surface area contributed by atoms with E-state index in [0.717, 1.165) is 19.6 Å². The van der Waals surface area contributed by atoms with Crippen LogP contribution < -0.4 is 0 Å². The Morgan fingerprint density at radius 3 is 1.85 bits per heavy atom. The van der Waals surface area contributed by atoms with Crippen molar-refractivity contribution in [2.45, 2.75) is 59.2 Å². The zero-order chi connectivity index (χ0) is 10.2. The summed E-state index contributed by atoms with van der Waals surface area (Å²) in [4.78, 5) is 0. The molecular formula is C11H24O2. The maximum Gasteiger partial charge on any atom is 0.165 e. The van der Waals surface area contributed by atoms with E-state index in [4.69, 9.17) is 9.47 Å². The van der Waals surface area contributed by atoms with E-state index in [-0.39, 0.29) is 5.79 Å². The average Bonchev–Trinajstić information content (AvgIpc) is 2.05. The summed E-state index contributed by atoms with van der Waals surface area (Å²) in [5.41, 5.74) is 0. The minimum atomic E-state index is -0.349. The minimum Gasteiger partial charge on any atom is -0.351 e. The van der Waals surface area contributed by atoms with Gasteiger partial charge in [-0.15, -0.1) is 0 Å². The molecule has 0 aliphatic rings. The van der Waals surface area contributed by atoms with E-state index in [9.17, 15) is 0 Å². The van der Waals surface area contributed by atoms with Crippen molar-refractivity contribution >= 4 is 0 Å². The van der Waals surface area contributed by atoms with Gasteiger partial charge in [-0.2, -0.15) is 0 Å². The van der Waals surface area contributed by atoms with Gasteiger partial charge in [0.2, 0.25) is 0 Å². The predicted molar refractivity (Wildman–Crippen MR) is 55.8 cm³/mol. The van der Waals surface area contributed by atoms with Gasteiger partial charge in [-0.05, 0) is 27.2 Å².